The maximum Gasteiger partial charge on any atom is 0.417 e. The highest BCUT2D eigenvalue weighted by molar-refractivity contribution is 7.09. The first-order valence-corrected chi connectivity index (χ1v) is 11.6. The number of anilines is 1. The molecule has 0 unspecified atom stereocenters. The number of hydrogen-bond acceptors (Lipinski definition) is 6. The quantitative estimate of drug-likeness (QED) is 0.574. The van der Waals surface area contributed by atoms with Crippen LogP contribution in [-0.2, 0) is 12.6 Å². The molecule has 0 spiro atoms. The number of benzene rings is 1. The Labute approximate surface area is 198 Å². The maximum absolute atomic E-state index is 13.3. The van der Waals surface area contributed by atoms with Crippen molar-refractivity contribution in [3.8, 4) is 0 Å². The van der Waals surface area contributed by atoms with Crippen LogP contribution in [-0.4, -0.2) is 59.6 Å². The van der Waals surface area contributed by atoms with Crippen LogP contribution < -0.4 is 10.2 Å². The number of thiophene rings is 1. The third-order valence-electron chi connectivity index (χ3n) is 5.47. The van der Waals surface area contributed by atoms with Crippen molar-refractivity contribution < 1.29 is 22.8 Å². The summed E-state index contributed by atoms with van der Waals surface area (Å²) in [5.41, 5.74) is -1.08. The number of carbonyl (C=O) groups excluding carboxylic acids is 2. The average Bonchev–Trinajstić information content (AvgIpc) is 3.37. The Morgan fingerprint density at radius 2 is 1.74 bits per heavy atom. The van der Waals surface area contributed by atoms with Gasteiger partial charge in [0.15, 0.2) is 11.5 Å². The largest absolute Gasteiger partial charge is 0.417 e. The highest BCUT2D eigenvalue weighted by Gasteiger charge is 2.36. The number of piperazine rings is 1. The average molecular weight is 490 g/mol. The molecule has 34 heavy (non-hydrogen) atoms. The van der Waals surface area contributed by atoms with Crippen LogP contribution in [0.2, 0.25) is 0 Å². The Balaban J connectivity index is 1.31. The van der Waals surface area contributed by atoms with Gasteiger partial charge in [0.25, 0.3) is 11.8 Å². The number of nitrogens with zero attached hydrogens (tertiary/aromatic N) is 4. The zero-order valence-electron chi connectivity index (χ0n) is 18.1. The fourth-order valence-electron chi connectivity index (χ4n) is 3.69. The molecule has 178 valence electrons. The third-order valence-corrected chi connectivity index (χ3v) is 6.41. The van der Waals surface area contributed by atoms with Crippen LogP contribution in [0, 0.1) is 0 Å². The standard InChI is InChI=1S/C23H22F3N5O2S/c24-23(25,26)18-6-2-1-5-17(18)22(33)31-13-11-30(12-14-31)20-8-7-19(28-29-20)21(32)27-10-9-16-4-3-15-34-16/h1-8,15H,9-14H2,(H,27,32). The molecule has 1 N–H and O–H groups in total. The highest BCUT2D eigenvalue weighted by Crippen LogP contribution is 2.32. The molecular weight excluding hydrogens is 467 g/mol. The summed E-state index contributed by atoms with van der Waals surface area (Å²) in [6, 6.07) is 12.0. The Bertz CT molecular complexity index is 1130. The molecule has 1 aliphatic rings. The van der Waals surface area contributed by atoms with E-state index in [-0.39, 0.29) is 30.3 Å². The molecule has 1 aliphatic heterocycles. The van der Waals surface area contributed by atoms with E-state index in [0.29, 0.717) is 25.5 Å². The van der Waals surface area contributed by atoms with Crippen molar-refractivity contribution in [1.82, 2.24) is 20.4 Å². The van der Waals surface area contributed by atoms with E-state index < -0.39 is 17.6 Å². The first kappa shape index (κ1) is 23.7. The van der Waals surface area contributed by atoms with Crippen LogP contribution in [0.5, 0.6) is 0 Å². The van der Waals surface area contributed by atoms with E-state index in [2.05, 4.69) is 15.5 Å². The van der Waals surface area contributed by atoms with E-state index >= 15 is 0 Å². The number of rotatable bonds is 6. The summed E-state index contributed by atoms with van der Waals surface area (Å²) < 4.78 is 39.8. The van der Waals surface area contributed by atoms with Crippen LogP contribution >= 0.6 is 11.3 Å². The van der Waals surface area contributed by atoms with E-state index in [1.54, 1.807) is 23.5 Å². The van der Waals surface area contributed by atoms with Crippen molar-refractivity contribution in [2.45, 2.75) is 12.6 Å². The van der Waals surface area contributed by atoms with Crippen molar-refractivity contribution in [3.05, 3.63) is 75.6 Å². The molecule has 0 saturated carbocycles. The molecule has 7 nitrogen and oxygen atoms in total. The minimum atomic E-state index is -4.60. The van der Waals surface area contributed by atoms with Crippen LogP contribution in [0.1, 0.15) is 31.3 Å². The van der Waals surface area contributed by atoms with Crippen molar-refractivity contribution in [3.63, 3.8) is 0 Å². The molecular formula is C23H22F3N5O2S. The van der Waals surface area contributed by atoms with Gasteiger partial charge in [-0.15, -0.1) is 21.5 Å². The second-order valence-electron chi connectivity index (χ2n) is 7.68. The van der Waals surface area contributed by atoms with Crippen LogP contribution in [0.15, 0.2) is 53.9 Å². The topological polar surface area (TPSA) is 78.4 Å². The van der Waals surface area contributed by atoms with Gasteiger partial charge >= 0.3 is 6.18 Å². The maximum atomic E-state index is 13.3. The van der Waals surface area contributed by atoms with Gasteiger partial charge in [-0.2, -0.15) is 13.2 Å². The van der Waals surface area contributed by atoms with Gasteiger partial charge in [-0.3, -0.25) is 9.59 Å². The predicted octanol–water partition coefficient (Wildman–Crippen LogP) is 3.49. The van der Waals surface area contributed by atoms with Gasteiger partial charge < -0.3 is 15.1 Å². The van der Waals surface area contributed by atoms with Crippen molar-refractivity contribution in [2.75, 3.05) is 37.6 Å². The minimum Gasteiger partial charge on any atom is -0.352 e. The van der Waals surface area contributed by atoms with E-state index in [1.807, 2.05) is 22.4 Å². The summed E-state index contributed by atoms with van der Waals surface area (Å²) >= 11 is 1.63. The van der Waals surface area contributed by atoms with Gasteiger partial charge in [0.2, 0.25) is 0 Å². The van der Waals surface area contributed by atoms with Crippen molar-refractivity contribution >= 4 is 29.0 Å². The molecule has 1 fully saturated rings. The monoisotopic (exact) mass is 489 g/mol. The summed E-state index contributed by atoms with van der Waals surface area (Å²) in [6.45, 7) is 1.77. The molecule has 4 rings (SSSR count). The van der Waals surface area contributed by atoms with E-state index in [4.69, 9.17) is 0 Å². The zero-order chi connectivity index (χ0) is 24.1. The molecule has 0 aliphatic carbocycles. The number of amides is 2. The summed E-state index contributed by atoms with van der Waals surface area (Å²) in [5, 5.41) is 12.9. The normalized spacial score (nSPS) is 14.2. The summed E-state index contributed by atoms with van der Waals surface area (Å²) in [4.78, 5) is 29.5. The van der Waals surface area contributed by atoms with E-state index in [9.17, 15) is 22.8 Å². The number of alkyl halides is 3. The molecule has 0 bridgehead atoms. The molecule has 0 radical (unpaired) electrons. The molecule has 2 aromatic heterocycles. The number of halogens is 3. The van der Waals surface area contributed by atoms with Crippen LogP contribution in [0.3, 0.4) is 0 Å². The Kier molecular flexibility index (Phi) is 7.11. The summed E-state index contributed by atoms with van der Waals surface area (Å²) in [7, 11) is 0. The predicted molar refractivity (Wildman–Crippen MR) is 122 cm³/mol. The number of hydrogen-bond donors (Lipinski definition) is 1. The van der Waals surface area contributed by atoms with Gasteiger partial charge in [0.1, 0.15) is 0 Å². The van der Waals surface area contributed by atoms with Crippen LogP contribution in [0.25, 0.3) is 0 Å². The fourth-order valence-corrected chi connectivity index (χ4v) is 4.39. The lowest BCUT2D eigenvalue weighted by atomic mass is 10.1. The molecule has 11 heteroatoms. The van der Waals surface area contributed by atoms with Gasteiger partial charge in [0, 0.05) is 37.6 Å². The van der Waals surface area contributed by atoms with Gasteiger partial charge in [-0.1, -0.05) is 18.2 Å². The number of carbonyl (C=O) groups is 2. The third kappa shape index (κ3) is 5.53. The van der Waals surface area contributed by atoms with Gasteiger partial charge in [-0.05, 0) is 42.1 Å². The first-order chi connectivity index (χ1) is 16.3. The molecule has 3 aromatic rings. The van der Waals surface area contributed by atoms with E-state index in [0.717, 1.165) is 12.5 Å². The smallest absolute Gasteiger partial charge is 0.352 e. The number of aromatic nitrogens is 2. The van der Waals surface area contributed by atoms with Gasteiger partial charge in [-0.25, -0.2) is 0 Å². The number of nitrogens with one attached hydrogen (secondary N) is 1. The van der Waals surface area contributed by atoms with Crippen molar-refractivity contribution in [1.29, 1.82) is 0 Å². The van der Waals surface area contributed by atoms with Crippen molar-refractivity contribution in [2.24, 2.45) is 0 Å². The summed E-state index contributed by atoms with van der Waals surface area (Å²) in [6.07, 6.45) is -3.85. The molecule has 2 amide bonds. The van der Waals surface area contributed by atoms with Gasteiger partial charge in [0.05, 0.1) is 11.1 Å². The van der Waals surface area contributed by atoms with Crippen LogP contribution in [0.4, 0.5) is 19.0 Å². The lowest BCUT2D eigenvalue weighted by Crippen LogP contribution is -2.49. The Hall–Kier alpha value is -3.47. The zero-order valence-corrected chi connectivity index (χ0v) is 18.9. The Morgan fingerprint density at radius 1 is 0.971 bits per heavy atom. The minimum absolute atomic E-state index is 0.201. The molecule has 3 heterocycles. The Morgan fingerprint density at radius 3 is 2.38 bits per heavy atom. The van der Waals surface area contributed by atoms with E-state index in [1.165, 1.54) is 28.0 Å². The SMILES string of the molecule is O=C(NCCc1cccs1)c1ccc(N2CCN(C(=O)c3ccccc3C(F)(F)F)CC2)nn1. The summed E-state index contributed by atoms with van der Waals surface area (Å²) in [5.74, 6) is -0.416. The fraction of sp³-hybridized carbons (Fsp3) is 0.304. The molecule has 1 aromatic carbocycles. The lowest BCUT2D eigenvalue weighted by Gasteiger charge is -2.35. The molecule has 1 saturated heterocycles. The highest BCUT2D eigenvalue weighted by atomic mass is 32.1. The second kappa shape index (κ2) is 10.2. The molecule has 0 atom stereocenters. The second-order valence-corrected chi connectivity index (χ2v) is 8.72. The first-order valence-electron chi connectivity index (χ1n) is 10.7. The lowest BCUT2D eigenvalue weighted by molar-refractivity contribution is -0.138.